The summed E-state index contributed by atoms with van der Waals surface area (Å²) in [7, 11) is -3.48. The minimum absolute atomic E-state index is 0. The molecule has 1 aromatic carbocycles. The maximum Gasteiger partial charge on any atom is 0.243 e. The molecule has 0 saturated carbocycles. The van der Waals surface area contributed by atoms with Crippen LogP contribution in [-0.4, -0.2) is 31.9 Å². The van der Waals surface area contributed by atoms with Crippen LogP contribution in [0.25, 0.3) is 0 Å². The molecule has 1 heterocycles. The molecule has 1 saturated heterocycles. The summed E-state index contributed by atoms with van der Waals surface area (Å²) >= 11 is 5.89. The molecule has 108 valence electrons. The lowest BCUT2D eigenvalue weighted by atomic mass is 10.2. The Hall–Kier alpha value is -0.330. The van der Waals surface area contributed by atoms with Crippen LogP contribution in [-0.2, 0) is 10.0 Å². The molecule has 1 unspecified atom stereocenters. The number of halogens is 2. The summed E-state index contributed by atoms with van der Waals surface area (Å²) in [5.41, 5.74) is 6.34. The molecular weight excluding hydrogens is 307 g/mol. The van der Waals surface area contributed by atoms with E-state index in [1.54, 1.807) is 19.1 Å². The molecule has 2 N–H and O–H groups in total. The Kier molecular flexibility index (Phi) is 5.65. The molecule has 1 aliphatic rings. The molecule has 0 aromatic heterocycles. The predicted molar refractivity (Wildman–Crippen MR) is 79.4 cm³/mol. The number of nitrogens with two attached hydrogens (primary N) is 1. The molecule has 0 bridgehead atoms. The van der Waals surface area contributed by atoms with Crippen molar-refractivity contribution in [1.29, 1.82) is 0 Å². The summed E-state index contributed by atoms with van der Waals surface area (Å²) in [6, 6.07) is 4.84. The maximum absolute atomic E-state index is 12.6. The zero-order valence-electron chi connectivity index (χ0n) is 10.7. The monoisotopic (exact) mass is 324 g/mol. The number of hydrogen-bond donors (Lipinski definition) is 1. The van der Waals surface area contributed by atoms with Crippen LogP contribution in [0.15, 0.2) is 23.1 Å². The second kappa shape index (κ2) is 6.41. The first kappa shape index (κ1) is 16.7. The highest BCUT2D eigenvalue weighted by Gasteiger charge is 2.35. The lowest BCUT2D eigenvalue weighted by Crippen LogP contribution is -2.40. The highest BCUT2D eigenvalue weighted by molar-refractivity contribution is 7.89. The standard InChI is InChI=1S/C12H17ClN2O2S.ClH/c1-9-4-5-10(13)7-12(9)18(16,17)15-6-2-3-11(15)8-14;/h4-5,7,11H,2-3,6,8,14H2,1H3;1H. The Morgan fingerprint density at radius 1 is 1.47 bits per heavy atom. The Labute approximate surface area is 125 Å². The molecule has 0 spiro atoms. The van der Waals surface area contributed by atoms with Crippen LogP contribution in [0.4, 0.5) is 0 Å². The summed E-state index contributed by atoms with van der Waals surface area (Å²) in [5.74, 6) is 0. The zero-order chi connectivity index (χ0) is 13.3. The normalized spacial score (nSPS) is 20.3. The molecule has 0 radical (unpaired) electrons. The van der Waals surface area contributed by atoms with Crippen molar-refractivity contribution in [2.45, 2.75) is 30.7 Å². The van der Waals surface area contributed by atoms with Gasteiger partial charge >= 0.3 is 0 Å². The van der Waals surface area contributed by atoms with E-state index < -0.39 is 10.0 Å². The van der Waals surface area contributed by atoms with E-state index in [0.29, 0.717) is 23.7 Å². The lowest BCUT2D eigenvalue weighted by Gasteiger charge is -2.23. The fourth-order valence-corrected chi connectivity index (χ4v) is 4.53. The molecule has 1 atom stereocenters. The first-order valence-corrected chi connectivity index (χ1v) is 7.76. The third-order valence-corrected chi connectivity index (χ3v) is 5.66. The number of hydrogen-bond acceptors (Lipinski definition) is 3. The van der Waals surface area contributed by atoms with Gasteiger partial charge in [-0.2, -0.15) is 4.31 Å². The van der Waals surface area contributed by atoms with Crippen LogP contribution in [0.5, 0.6) is 0 Å². The molecule has 1 aromatic rings. The van der Waals surface area contributed by atoms with Crippen molar-refractivity contribution in [3.63, 3.8) is 0 Å². The number of aryl methyl sites for hydroxylation is 1. The van der Waals surface area contributed by atoms with Gasteiger partial charge in [0.15, 0.2) is 0 Å². The largest absolute Gasteiger partial charge is 0.329 e. The van der Waals surface area contributed by atoms with E-state index in [0.717, 1.165) is 12.8 Å². The van der Waals surface area contributed by atoms with Crippen LogP contribution in [0, 0.1) is 6.92 Å². The van der Waals surface area contributed by atoms with Gasteiger partial charge in [0.1, 0.15) is 0 Å². The minimum Gasteiger partial charge on any atom is -0.329 e. The summed E-state index contributed by atoms with van der Waals surface area (Å²) < 4.78 is 26.7. The number of nitrogens with zero attached hydrogens (tertiary/aromatic N) is 1. The first-order valence-electron chi connectivity index (χ1n) is 5.95. The summed E-state index contributed by atoms with van der Waals surface area (Å²) in [5, 5.41) is 0.433. The van der Waals surface area contributed by atoms with Crippen molar-refractivity contribution in [3.05, 3.63) is 28.8 Å². The van der Waals surface area contributed by atoms with Crippen LogP contribution in [0.3, 0.4) is 0 Å². The quantitative estimate of drug-likeness (QED) is 0.926. The predicted octanol–water partition coefficient (Wildman–Crippen LogP) is 2.18. The molecule has 7 heteroatoms. The smallest absolute Gasteiger partial charge is 0.243 e. The van der Waals surface area contributed by atoms with Crippen LogP contribution < -0.4 is 5.73 Å². The van der Waals surface area contributed by atoms with E-state index in [2.05, 4.69) is 0 Å². The second-order valence-electron chi connectivity index (χ2n) is 4.56. The van der Waals surface area contributed by atoms with Gasteiger partial charge in [-0.3, -0.25) is 0 Å². The van der Waals surface area contributed by atoms with Crippen molar-refractivity contribution >= 4 is 34.0 Å². The van der Waals surface area contributed by atoms with Crippen molar-refractivity contribution in [3.8, 4) is 0 Å². The molecule has 1 aliphatic heterocycles. The van der Waals surface area contributed by atoms with Crippen molar-refractivity contribution in [2.24, 2.45) is 5.73 Å². The maximum atomic E-state index is 12.6. The fourth-order valence-electron chi connectivity index (χ4n) is 2.34. The Morgan fingerprint density at radius 3 is 2.79 bits per heavy atom. The first-order chi connectivity index (χ1) is 8.46. The van der Waals surface area contributed by atoms with Gasteiger partial charge in [0.2, 0.25) is 10.0 Å². The lowest BCUT2D eigenvalue weighted by molar-refractivity contribution is 0.393. The highest BCUT2D eigenvalue weighted by Crippen LogP contribution is 2.28. The summed E-state index contributed by atoms with van der Waals surface area (Å²) in [6.07, 6.45) is 1.69. The average Bonchev–Trinajstić information content (AvgIpc) is 2.81. The molecule has 1 fully saturated rings. The topological polar surface area (TPSA) is 63.4 Å². The van der Waals surface area contributed by atoms with E-state index in [1.165, 1.54) is 10.4 Å². The number of sulfonamides is 1. The molecule has 2 rings (SSSR count). The summed E-state index contributed by atoms with van der Waals surface area (Å²) in [6.45, 7) is 2.67. The second-order valence-corrected chi connectivity index (χ2v) is 6.85. The minimum atomic E-state index is -3.48. The van der Waals surface area contributed by atoms with Gasteiger partial charge in [0, 0.05) is 24.2 Å². The van der Waals surface area contributed by atoms with Gasteiger partial charge in [0.05, 0.1) is 4.90 Å². The van der Waals surface area contributed by atoms with E-state index in [4.69, 9.17) is 17.3 Å². The summed E-state index contributed by atoms with van der Waals surface area (Å²) in [4.78, 5) is 0.287. The molecule has 0 amide bonds. The molecular formula is C12H18Cl2N2O2S. The number of benzene rings is 1. The molecule has 19 heavy (non-hydrogen) atoms. The van der Waals surface area contributed by atoms with Gasteiger partial charge < -0.3 is 5.73 Å². The van der Waals surface area contributed by atoms with Gasteiger partial charge in [-0.1, -0.05) is 17.7 Å². The third kappa shape index (κ3) is 3.23. The third-order valence-electron chi connectivity index (χ3n) is 3.33. The molecule has 4 nitrogen and oxygen atoms in total. The van der Waals surface area contributed by atoms with Gasteiger partial charge in [0.25, 0.3) is 0 Å². The van der Waals surface area contributed by atoms with Crippen molar-refractivity contribution in [2.75, 3.05) is 13.1 Å². The van der Waals surface area contributed by atoms with Crippen LogP contribution >= 0.6 is 24.0 Å². The van der Waals surface area contributed by atoms with Gasteiger partial charge in [-0.05, 0) is 37.5 Å². The van der Waals surface area contributed by atoms with E-state index in [-0.39, 0.29) is 23.3 Å². The van der Waals surface area contributed by atoms with Gasteiger partial charge in [-0.25, -0.2) is 8.42 Å². The molecule has 0 aliphatic carbocycles. The van der Waals surface area contributed by atoms with Crippen molar-refractivity contribution < 1.29 is 8.42 Å². The average molecular weight is 325 g/mol. The SMILES string of the molecule is Cc1ccc(Cl)cc1S(=O)(=O)N1CCCC1CN.Cl. The van der Waals surface area contributed by atoms with Crippen molar-refractivity contribution in [1.82, 2.24) is 4.31 Å². The van der Waals surface area contributed by atoms with Crippen LogP contribution in [0.2, 0.25) is 5.02 Å². The Bertz CT molecular complexity index is 549. The Morgan fingerprint density at radius 2 is 2.16 bits per heavy atom. The number of rotatable bonds is 3. The van der Waals surface area contributed by atoms with E-state index >= 15 is 0 Å². The van der Waals surface area contributed by atoms with Gasteiger partial charge in [-0.15, -0.1) is 12.4 Å². The highest BCUT2D eigenvalue weighted by atomic mass is 35.5. The van der Waals surface area contributed by atoms with E-state index in [9.17, 15) is 8.42 Å². The zero-order valence-corrected chi connectivity index (χ0v) is 13.1. The van der Waals surface area contributed by atoms with Crippen LogP contribution in [0.1, 0.15) is 18.4 Å². The Balaban J connectivity index is 0.00000180. The van der Waals surface area contributed by atoms with E-state index in [1.807, 2.05) is 0 Å². The fraction of sp³-hybridized carbons (Fsp3) is 0.500.